The Balaban J connectivity index is 1.34. The van der Waals surface area contributed by atoms with Gasteiger partial charge in [0.15, 0.2) is 0 Å². The summed E-state index contributed by atoms with van der Waals surface area (Å²) < 4.78 is 12.1. The average molecular weight is 471 g/mol. The number of fused-ring (bicyclic) bond motifs is 2. The molecule has 0 radical (unpaired) electrons. The molecule has 1 aromatic rings. The molecule has 4 atom stereocenters. The maximum absolute atomic E-state index is 6.25. The van der Waals surface area contributed by atoms with Gasteiger partial charge < -0.3 is 0 Å². The molecule has 1 saturated heterocycles. The Hall–Kier alpha value is -1.99. The van der Waals surface area contributed by atoms with E-state index in [0.29, 0.717) is 10.5 Å². The van der Waals surface area contributed by atoms with Crippen LogP contribution in [-0.2, 0) is 11.3 Å². The molecule has 27 heavy (non-hydrogen) atoms. The number of alkyl halides is 2. The molecule has 0 spiro atoms. The van der Waals surface area contributed by atoms with Gasteiger partial charge in [-0.1, -0.05) is 0 Å². The Morgan fingerprint density at radius 3 is 3.04 bits per heavy atom. The molecule has 1 aromatic carbocycles. The first-order chi connectivity index (χ1) is 13.3. The topological polar surface area (TPSA) is 43.2 Å². The molecule has 3 aliphatic heterocycles. The van der Waals surface area contributed by atoms with E-state index >= 15 is 0 Å². The van der Waals surface area contributed by atoms with Crippen molar-refractivity contribution in [1.82, 2.24) is 0 Å². The van der Waals surface area contributed by atoms with Gasteiger partial charge in [0.25, 0.3) is 0 Å². The number of allylic oxidation sites excluding steroid dienone is 3. The van der Waals surface area contributed by atoms with Crippen LogP contribution in [0, 0.1) is 0 Å². The van der Waals surface area contributed by atoms with E-state index in [0.717, 1.165) is 17.0 Å². The fourth-order valence-electron chi connectivity index (χ4n) is 3.62. The average Bonchev–Trinajstić information content (AvgIpc) is 3.48. The van der Waals surface area contributed by atoms with Crippen LogP contribution in [0.2, 0.25) is 0 Å². The molecule has 4 nitrogen and oxygen atoms in total. The summed E-state index contributed by atoms with van der Waals surface area (Å²) in [6.45, 7) is 0.534. The van der Waals surface area contributed by atoms with Gasteiger partial charge in [-0.15, -0.1) is 0 Å². The molecule has 0 saturated carbocycles. The van der Waals surface area contributed by atoms with Crippen molar-refractivity contribution < 1.29 is 30.7 Å². The van der Waals surface area contributed by atoms with Crippen LogP contribution in [0.1, 0.15) is 5.56 Å². The standard InChI is InChI=1S/C22H20IN2O2/c1-26-17-7-2-5-15(13-17)14-27-18-8-3-6-16-10-11-20(25-21(16)18)22-19(23-22)9-4-12-24-22/h2-13,18-19,21H,14H2,1H3/q-1. The summed E-state index contributed by atoms with van der Waals surface area (Å²) in [7, 11) is 1.68. The van der Waals surface area contributed by atoms with Gasteiger partial charge in [0.2, 0.25) is 0 Å². The van der Waals surface area contributed by atoms with Gasteiger partial charge in [0.05, 0.1) is 0 Å². The summed E-state index contributed by atoms with van der Waals surface area (Å²) >= 11 is 0.00845. The maximum atomic E-state index is 6.25. The van der Waals surface area contributed by atoms with E-state index in [1.807, 2.05) is 24.4 Å². The minimum absolute atomic E-state index is 0.00845. The molecule has 5 heteroatoms. The number of hydrogen-bond donors (Lipinski definition) is 0. The first kappa shape index (κ1) is 17.1. The molecule has 0 amide bonds. The molecule has 5 rings (SSSR count). The van der Waals surface area contributed by atoms with E-state index < -0.39 is 0 Å². The van der Waals surface area contributed by atoms with E-state index in [-0.39, 0.29) is 36.9 Å². The molecule has 3 heterocycles. The summed E-state index contributed by atoms with van der Waals surface area (Å²) in [5.41, 5.74) is 3.44. The molecule has 1 fully saturated rings. The van der Waals surface area contributed by atoms with E-state index in [4.69, 9.17) is 19.5 Å². The van der Waals surface area contributed by atoms with Crippen LogP contribution in [0.5, 0.6) is 5.75 Å². The van der Waals surface area contributed by atoms with Crippen molar-refractivity contribution in [3.05, 3.63) is 77.9 Å². The Bertz CT molecular complexity index is 943. The summed E-state index contributed by atoms with van der Waals surface area (Å²) in [5.74, 6) is 0.850. The number of aliphatic imine (C=N–C) groups is 2. The Kier molecular flexibility index (Phi) is 4.36. The predicted molar refractivity (Wildman–Crippen MR) is 103 cm³/mol. The monoisotopic (exact) mass is 471 g/mol. The minimum atomic E-state index is -0.0638. The van der Waals surface area contributed by atoms with Crippen molar-refractivity contribution in [2.45, 2.75) is 26.2 Å². The van der Waals surface area contributed by atoms with Crippen molar-refractivity contribution in [2.75, 3.05) is 7.11 Å². The van der Waals surface area contributed by atoms with Crippen molar-refractivity contribution >= 4 is 11.9 Å². The number of benzene rings is 1. The summed E-state index contributed by atoms with van der Waals surface area (Å²) in [5, 5.41) is 0. The van der Waals surface area contributed by atoms with Gasteiger partial charge in [-0.3, -0.25) is 0 Å². The van der Waals surface area contributed by atoms with Gasteiger partial charge in [0.1, 0.15) is 0 Å². The zero-order valence-corrected chi connectivity index (χ0v) is 17.1. The first-order valence-corrected chi connectivity index (χ1v) is 11.4. The normalized spacial score (nSPS) is 32.7. The summed E-state index contributed by atoms with van der Waals surface area (Å²) in [6, 6.07) is 8.02. The zero-order chi connectivity index (χ0) is 18.3. The molecule has 1 aliphatic carbocycles. The van der Waals surface area contributed by atoms with Crippen molar-refractivity contribution in [3.63, 3.8) is 0 Å². The summed E-state index contributed by atoms with van der Waals surface area (Å²) in [4.78, 5) is 9.91. The van der Waals surface area contributed by atoms with E-state index in [1.54, 1.807) is 7.11 Å². The number of hydrogen-bond acceptors (Lipinski definition) is 4. The van der Waals surface area contributed by atoms with Crippen LogP contribution < -0.4 is 25.9 Å². The van der Waals surface area contributed by atoms with Crippen LogP contribution in [0.25, 0.3) is 0 Å². The summed E-state index contributed by atoms with van der Waals surface area (Å²) in [6.07, 6.45) is 16.9. The Morgan fingerprint density at radius 1 is 1.19 bits per heavy atom. The third-order valence-corrected chi connectivity index (χ3v) is 8.89. The molecular weight excluding hydrogens is 451 g/mol. The van der Waals surface area contributed by atoms with Crippen molar-refractivity contribution in [2.24, 2.45) is 9.98 Å². The van der Waals surface area contributed by atoms with E-state index in [1.165, 1.54) is 5.57 Å². The van der Waals surface area contributed by atoms with Gasteiger partial charge in [-0.05, 0) is 0 Å². The number of dihydropyridines is 2. The number of nitrogens with zero attached hydrogens (tertiary/aromatic N) is 2. The number of methoxy groups -OCH3 is 1. The molecule has 4 aliphatic rings. The number of ether oxygens (including phenoxy) is 2. The predicted octanol–water partition coefficient (Wildman–Crippen LogP) is 0.264. The molecular formula is C22H20IN2O2-. The molecule has 0 bridgehead atoms. The zero-order valence-electron chi connectivity index (χ0n) is 15.0. The Morgan fingerprint density at radius 2 is 2.15 bits per heavy atom. The van der Waals surface area contributed by atoms with Crippen LogP contribution >= 0.6 is 0 Å². The molecule has 138 valence electrons. The fourth-order valence-corrected chi connectivity index (χ4v) is 6.56. The second-order valence-electron chi connectivity index (χ2n) is 6.82. The van der Waals surface area contributed by atoms with Crippen LogP contribution in [0.4, 0.5) is 0 Å². The number of rotatable bonds is 5. The van der Waals surface area contributed by atoms with Crippen molar-refractivity contribution in [1.29, 1.82) is 0 Å². The van der Waals surface area contributed by atoms with Crippen LogP contribution in [0.3, 0.4) is 0 Å². The SMILES string of the molecule is COc1cccc(COC2C=CC=C3C=CC(C45N=CC=CC4[I-]5)=NC32)c1. The second-order valence-corrected chi connectivity index (χ2v) is 10.4. The quantitative estimate of drug-likeness (QED) is 0.352. The van der Waals surface area contributed by atoms with Gasteiger partial charge >= 0.3 is 170 Å². The van der Waals surface area contributed by atoms with Gasteiger partial charge in [0, 0.05) is 0 Å². The van der Waals surface area contributed by atoms with E-state index in [2.05, 4.69) is 48.6 Å². The third kappa shape index (κ3) is 3.12. The third-order valence-electron chi connectivity index (χ3n) is 5.12. The number of halogens is 1. The fraction of sp³-hybridized carbons (Fsp3) is 0.273. The van der Waals surface area contributed by atoms with Crippen LogP contribution in [-0.4, -0.2) is 38.7 Å². The second kappa shape index (κ2) is 6.87. The van der Waals surface area contributed by atoms with Gasteiger partial charge in [-0.25, -0.2) is 0 Å². The van der Waals surface area contributed by atoms with Crippen LogP contribution in [0.15, 0.2) is 82.4 Å². The first-order valence-electron chi connectivity index (χ1n) is 9.04. The molecule has 0 aromatic heterocycles. The van der Waals surface area contributed by atoms with E-state index in [9.17, 15) is 0 Å². The molecule has 4 unspecified atom stereocenters. The van der Waals surface area contributed by atoms with Crippen molar-refractivity contribution in [3.8, 4) is 5.75 Å². The Labute approximate surface area is 169 Å². The molecule has 0 N–H and O–H groups in total. The van der Waals surface area contributed by atoms with Gasteiger partial charge in [-0.2, -0.15) is 0 Å².